The third kappa shape index (κ3) is 10.0. The average Bonchev–Trinajstić information content (AvgIpc) is 2.56. The molecule has 0 aliphatic rings. The van der Waals surface area contributed by atoms with Crippen LogP contribution in [0.2, 0.25) is 0 Å². The van der Waals surface area contributed by atoms with Crippen molar-refractivity contribution in [2.24, 2.45) is 11.5 Å². The molecular formula is C13H21N5O8S. The maximum atomic E-state index is 12.1. The smallest absolute Gasteiger partial charge is 0.326 e. The number of amides is 4. The van der Waals surface area contributed by atoms with Crippen molar-refractivity contribution in [1.29, 1.82) is 0 Å². The summed E-state index contributed by atoms with van der Waals surface area (Å²) in [4.78, 5) is 68.1. The monoisotopic (exact) mass is 407 g/mol. The first-order chi connectivity index (χ1) is 12.5. The fraction of sp³-hybridized carbons (Fsp3) is 0.538. The van der Waals surface area contributed by atoms with Gasteiger partial charge in [0.05, 0.1) is 25.4 Å². The standard InChI is InChI=1S/C13H21N5O8S/c14-5(4-27)11(23)16-3-9(20)17-6(1-8(15)19)12(24)18-7(13(25)26)2-10(21)22/h5-7,27H,1-4,14H2,(H2,15,19)(H,16,23)(H,17,20)(H,18,24)(H,21,22)(H,25,26). The highest BCUT2D eigenvalue weighted by molar-refractivity contribution is 7.80. The molecule has 14 heteroatoms. The van der Waals surface area contributed by atoms with E-state index in [4.69, 9.17) is 21.7 Å². The molecular weight excluding hydrogens is 386 g/mol. The Morgan fingerprint density at radius 1 is 0.926 bits per heavy atom. The summed E-state index contributed by atoms with van der Waals surface area (Å²) < 4.78 is 0. The maximum Gasteiger partial charge on any atom is 0.326 e. The number of carboxylic acid groups (broad SMARTS) is 2. The Labute approximate surface area is 158 Å². The number of thiol groups is 1. The van der Waals surface area contributed by atoms with E-state index in [1.54, 1.807) is 0 Å². The minimum Gasteiger partial charge on any atom is -0.481 e. The summed E-state index contributed by atoms with van der Waals surface area (Å²) in [6, 6.07) is -4.31. The highest BCUT2D eigenvalue weighted by Gasteiger charge is 2.29. The van der Waals surface area contributed by atoms with Gasteiger partial charge >= 0.3 is 11.9 Å². The average molecular weight is 407 g/mol. The highest BCUT2D eigenvalue weighted by atomic mass is 32.1. The van der Waals surface area contributed by atoms with Crippen LogP contribution < -0.4 is 27.4 Å². The molecule has 13 nitrogen and oxygen atoms in total. The fourth-order valence-corrected chi connectivity index (χ4v) is 1.85. The minimum absolute atomic E-state index is 0.0281. The van der Waals surface area contributed by atoms with Crippen molar-refractivity contribution in [3.63, 3.8) is 0 Å². The van der Waals surface area contributed by atoms with E-state index >= 15 is 0 Å². The van der Waals surface area contributed by atoms with E-state index in [-0.39, 0.29) is 5.75 Å². The third-order valence-electron chi connectivity index (χ3n) is 3.01. The number of nitrogens with two attached hydrogens (primary N) is 2. The lowest BCUT2D eigenvalue weighted by molar-refractivity contribution is -0.147. The quantitative estimate of drug-likeness (QED) is 0.146. The zero-order chi connectivity index (χ0) is 21.1. The Balaban J connectivity index is 4.94. The van der Waals surface area contributed by atoms with Gasteiger partial charge in [-0.2, -0.15) is 12.6 Å². The van der Waals surface area contributed by atoms with Gasteiger partial charge in [0.2, 0.25) is 23.6 Å². The van der Waals surface area contributed by atoms with Crippen LogP contribution in [0.5, 0.6) is 0 Å². The second-order valence-electron chi connectivity index (χ2n) is 5.29. The van der Waals surface area contributed by atoms with E-state index in [2.05, 4.69) is 23.3 Å². The van der Waals surface area contributed by atoms with Crippen molar-refractivity contribution < 1.29 is 39.0 Å². The van der Waals surface area contributed by atoms with Crippen LogP contribution in [-0.4, -0.2) is 76.2 Å². The largest absolute Gasteiger partial charge is 0.481 e. The molecule has 0 aromatic carbocycles. The molecule has 0 heterocycles. The molecule has 0 aromatic heterocycles. The summed E-state index contributed by atoms with van der Waals surface area (Å²) in [5, 5.41) is 23.7. The predicted octanol–water partition coefficient (Wildman–Crippen LogP) is -4.24. The molecule has 0 saturated carbocycles. The molecule has 0 radical (unpaired) electrons. The summed E-state index contributed by atoms with van der Waals surface area (Å²) in [5.74, 6) is -6.76. The van der Waals surface area contributed by atoms with Crippen molar-refractivity contribution in [3.05, 3.63) is 0 Å². The molecule has 0 aliphatic heterocycles. The normalized spacial score (nSPS) is 13.6. The van der Waals surface area contributed by atoms with Gasteiger partial charge in [-0.05, 0) is 0 Å². The molecule has 0 spiro atoms. The molecule has 0 rings (SSSR count). The second-order valence-corrected chi connectivity index (χ2v) is 5.66. The van der Waals surface area contributed by atoms with E-state index in [0.717, 1.165) is 0 Å². The minimum atomic E-state index is -1.78. The number of hydrogen-bond acceptors (Lipinski definition) is 8. The van der Waals surface area contributed by atoms with Gasteiger partial charge in [-0.15, -0.1) is 0 Å². The van der Waals surface area contributed by atoms with Crippen LogP contribution in [0.4, 0.5) is 0 Å². The van der Waals surface area contributed by atoms with E-state index in [9.17, 15) is 28.8 Å². The van der Waals surface area contributed by atoms with Gasteiger partial charge in [-0.1, -0.05) is 0 Å². The lowest BCUT2D eigenvalue weighted by Crippen LogP contribution is -2.55. The van der Waals surface area contributed by atoms with Crippen LogP contribution in [0.15, 0.2) is 0 Å². The van der Waals surface area contributed by atoms with Crippen LogP contribution in [0.3, 0.4) is 0 Å². The third-order valence-corrected chi connectivity index (χ3v) is 3.40. The van der Waals surface area contributed by atoms with Gasteiger partial charge in [0.15, 0.2) is 0 Å². The van der Waals surface area contributed by atoms with E-state index in [1.165, 1.54) is 0 Å². The summed E-state index contributed by atoms with van der Waals surface area (Å²) in [7, 11) is 0. The Kier molecular flexibility index (Phi) is 10.4. The summed E-state index contributed by atoms with van der Waals surface area (Å²) >= 11 is 3.81. The number of carbonyl (C=O) groups is 6. The molecule has 3 unspecified atom stereocenters. The molecule has 0 saturated heterocycles. The lowest BCUT2D eigenvalue weighted by Gasteiger charge is -2.20. The molecule has 3 atom stereocenters. The van der Waals surface area contributed by atoms with Crippen LogP contribution in [0, 0.1) is 0 Å². The van der Waals surface area contributed by atoms with Gasteiger partial charge in [0, 0.05) is 5.75 Å². The van der Waals surface area contributed by atoms with Gasteiger partial charge in [-0.25, -0.2) is 4.79 Å². The number of hydrogen-bond donors (Lipinski definition) is 8. The van der Waals surface area contributed by atoms with Crippen molar-refractivity contribution >= 4 is 48.2 Å². The zero-order valence-corrected chi connectivity index (χ0v) is 14.9. The van der Waals surface area contributed by atoms with Crippen molar-refractivity contribution in [1.82, 2.24) is 16.0 Å². The molecule has 4 amide bonds. The van der Waals surface area contributed by atoms with Crippen LogP contribution in [0.25, 0.3) is 0 Å². The molecule has 0 fully saturated rings. The van der Waals surface area contributed by atoms with Crippen LogP contribution in [0.1, 0.15) is 12.8 Å². The fourth-order valence-electron chi connectivity index (χ4n) is 1.68. The number of nitrogens with one attached hydrogen (secondary N) is 3. The summed E-state index contributed by atoms with van der Waals surface area (Å²) in [6.45, 7) is -0.583. The predicted molar refractivity (Wildman–Crippen MR) is 92.4 cm³/mol. The Hall–Kier alpha value is -2.87. The van der Waals surface area contributed by atoms with Crippen molar-refractivity contribution in [3.8, 4) is 0 Å². The van der Waals surface area contributed by atoms with Gasteiger partial charge < -0.3 is 37.6 Å². The Morgan fingerprint density at radius 2 is 1.52 bits per heavy atom. The van der Waals surface area contributed by atoms with Crippen molar-refractivity contribution in [2.45, 2.75) is 31.0 Å². The molecule has 27 heavy (non-hydrogen) atoms. The van der Waals surface area contributed by atoms with E-state index in [0.29, 0.717) is 0 Å². The summed E-state index contributed by atoms with van der Waals surface area (Å²) in [6.07, 6.45) is -1.60. The Bertz CT molecular complexity index is 614. The molecule has 0 bridgehead atoms. The van der Waals surface area contributed by atoms with Crippen LogP contribution >= 0.6 is 12.6 Å². The highest BCUT2D eigenvalue weighted by Crippen LogP contribution is 1.98. The zero-order valence-electron chi connectivity index (χ0n) is 14.0. The van der Waals surface area contributed by atoms with Gasteiger partial charge in [0.25, 0.3) is 0 Å². The second kappa shape index (κ2) is 11.7. The molecule has 9 N–H and O–H groups in total. The maximum absolute atomic E-state index is 12.1. The van der Waals surface area contributed by atoms with E-state index in [1.807, 2.05) is 5.32 Å². The number of aliphatic carboxylic acids is 2. The van der Waals surface area contributed by atoms with Gasteiger partial charge in [-0.3, -0.25) is 24.0 Å². The first-order valence-electron chi connectivity index (χ1n) is 7.44. The topological polar surface area (TPSA) is 231 Å². The lowest BCUT2D eigenvalue weighted by atomic mass is 10.1. The number of primary amides is 1. The number of rotatable bonds is 12. The number of carboxylic acids is 2. The first-order valence-corrected chi connectivity index (χ1v) is 8.07. The molecule has 152 valence electrons. The summed E-state index contributed by atoms with van der Waals surface area (Å²) in [5.41, 5.74) is 10.4. The van der Waals surface area contributed by atoms with E-state index < -0.39 is 73.1 Å². The number of carbonyl (C=O) groups excluding carboxylic acids is 4. The van der Waals surface area contributed by atoms with Crippen LogP contribution in [-0.2, 0) is 28.8 Å². The molecule has 0 aliphatic carbocycles. The van der Waals surface area contributed by atoms with Crippen molar-refractivity contribution in [2.75, 3.05) is 12.3 Å². The SMILES string of the molecule is NC(=O)CC(NC(=O)CNC(=O)C(N)CS)C(=O)NC(CC(=O)O)C(=O)O. The first kappa shape index (κ1) is 24.1. The van der Waals surface area contributed by atoms with Gasteiger partial charge in [0.1, 0.15) is 12.1 Å². The Morgan fingerprint density at radius 3 is 1.96 bits per heavy atom. The molecule has 0 aromatic rings.